The zero-order valence-electron chi connectivity index (χ0n) is 33.6. The predicted molar refractivity (Wildman–Crippen MR) is 217 cm³/mol. The van der Waals surface area contributed by atoms with Crippen molar-refractivity contribution in [3.05, 3.63) is 0 Å². The maximum Gasteiger partial charge on any atom is 0.319 e. The molecule has 0 aromatic carbocycles. The van der Waals surface area contributed by atoms with E-state index in [9.17, 15) is 19.8 Å². The fraction of sp³-hybridized carbons (Fsp3) is 0.955. The average molecular weight is 711 g/mol. The van der Waals surface area contributed by atoms with Crippen molar-refractivity contribution >= 4 is 23.7 Å². The average Bonchev–Trinajstić information content (AvgIpc) is 3.09. The molecule has 5 heteroatoms. The van der Waals surface area contributed by atoms with E-state index in [0.29, 0.717) is 25.7 Å². The lowest BCUT2D eigenvalue weighted by atomic mass is 9.95. The van der Waals surface area contributed by atoms with Gasteiger partial charge in [-0.05, 0) is 25.7 Å². The van der Waals surface area contributed by atoms with E-state index >= 15 is 0 Å². The van der Waals surface area contributed by atoms with Gasteiger partial charge in [-0.25, -0.2) is 0 Å². The van der Waals surface area contributed by atoms with Crippen LogP contribution in [0.2, 0.25) is 0 Å². The molecule has 0 fully saturated rings. The maximum absolute atomic E-state index is 12.7. The Bertz CT molecular complexity index is 682. The molecule has 0 saturated carbocycles. The molecule has 4 nitrogen and oxygen atoms in total. The van der Waals surface area contributed by atoms with E-state index in [2.05, 4.69) is 13.8 Å². The van der Waals surface area contributed by atoms with Gasteiger partial charge in [0.25, 0.3) is 0 Å². The van der Waals surface area contributed by atoms with E-state index in [1.807, 2.05) is 13.8 Å². The van der Waals surface area contributed by atoms with Crippen LogP contribution in [-0.2, 0) is 9.59 Å². The number of carboxylic acid groups (broad SMARTS) is 2. The van der Waals surface area contributed by atoms with Gasteiger partial charge < -0.3 is 10.2 Å². The van der Waals surface area contributed by atoms with Crippen LogP contribution in [0.4, 0.5) is 0 Å². The summed E-state index contributed by atoms with van der Waals surface area (Å²) in [6.07, 6.45) is 43.5. The third-order valence-electron chi connectivity index (χ3n) is 11.2. The van der Waals surface area contributed by atoms with Crippen LogP contribution in [0.3, 0.4) is 0 Å². The number of hydrogen-bond donors (Lipinski definition) is 2. The van der Waals surface area contributed by atoms with Crippen molar-refractivity contribution in [1.29, 1.82) is 0 Å². The predicted octanol–water partition coefficient (Wildman–Crippen LogP) is 15.5. The van der Waals surface area contributed by atoms with Crippen molar-refractivity contribution in [1.82, 2.24) is 0 Å². The Labute approximate surface area is 310 Å². The molecule has 2 atom stereocenters. The van der Waals surface area contributed by atoms with Gasteiger partial charge in [0.1, 0.15) is 9.49 Å². The molecule has 0 aromatic rings. The third kappa shape index (κ3) is 25.8. The summed E-state index contributed by atoms with van der Waals surface area (Å²) in [5.41, 5.74) is 0. The first-order chi connectivity index (χ1) is 23.8. The zero-order chi connectivity index (χ0) is 36.3. The molecule has 0 aliphatic heterocycles. The van der Waals surface area contributed by atoms with Crippen LogP contribution in [0.5, 0.6) is 0 Å². The molecule has 0 rings (SSSR count). The second-order valence-corrected chi connectivity index (χ2v) is 17.3. The summed E-state index contributed by atoms with van der Waals surface area (Å²) in [6.45, 7) is 8.42. The largest absolute Gasteiger partial charge is 0.480 e. The molecule has 0 amide bonds. The Morgan fingerprint density at radius 2 is 0.531 bits per heavy atom. The van der Waals surface area contributed by atoms with Crippen LogP contribution in [0.25, 0.3) is 0 Å². The molecule has 0 bridgehead atoms. The Balaban J connectivity index is 4.26. The molecule has 0 radical (unpaired) electrons. The van der Waals surface area contributed by atoms with Crippen molar-refractivity contribution in [3.8, 4) is 0 Å². The molecular weight excluding hydrogens is 625 g/mol. The number of carboxylic acids is 2. The third-order valence-corrected chi connectivity index (χ3v) is 13.3. The lowest BCUT2D eigenvalue weighted by molar-refractivity contribution is -0.140. The summed E-state index contributed by atoms with van der Waals surface area (Å²) in [4.78, 5) is 25.3. The highest BCUT2D eigenvalue weighted by Crippen LogP contribution is 2.47. The summed E-state index contributed by atoms with van der Waals surface area (Å²) in [5.74, 6) is -1.65. The summed E-state index contributed by atoms with van der Waals surface area (Å²) in [7, 11) is 0. The fourth-order valence-corrected chi connectivity index (χ4v) is 9.20. The van der Waals surface area contributed by atoms with Crippen LogP contribution < -0.4 is 0 Å². The number of hydrogen-bond acceptors (Lipinski definition) is 3. The molecule has 0 saturated heterocycles. The number of aliphatic carboxylic acids is 2. The first-order valence-corrected chi connectivity index (χ1v) is 22.8. The number of thioether (sulfide) groups is 1. The van der Waals surface area contributed by atoms with Gasteiger partial charge in [-0.15, -0.1) is 11.8 Å². The first-order valence-electron chi connectivity index (χ1n) is 22.0. The zero-order valence-corrected chi connectivity index (χ0v) is 34.4. The Morgan fingerprint density at radius 1 is 0.347 bits per heavy atom. The monoisotopic (exact) mass is 711 g/mol. The van der Waals surface area contributed by atoms with Gasteiger partial charge in [0, 0.05) is 0 Å². The van der Waals surface area contributed by atoms with Gasteiger partial charge in [-0.3, -0.25) is 9.59 Å². The highest BCUT2D eigenvalue weighted by atomic mass is 32.2. The van der Waals surface area contributed by atoms with Gasteiger partial charge in [0.05, 0.1) is 0 Å². The summed E-state index contributed by atoms with van der Waals surface area (Å²) >= 11 is 1.28. The van der Waals surface area contributed by atoms with Crippen molar-refractivity contribution < 1.29 is 19.8 Å². The minimum Gasteiger partial charge on any atom is -0.480 e. The normalized spacial score (nSPS) is 14.1. The topological polar surface area (TPSA) is 74.6 Å². The molecule has 49 heavy (non-hydrogen) atoms. The summed E-state index contributed by atoms with van der Waals surface area (Å²) < 4.78 is -2.03. The van der Waals surface area contributed by atoms with E-state index in [1.165, 1.54) is 179 Å². The van der Waals surface area contributed by atoms with Crippen molar-refractivity contribution in [2.75, 3.05) is 0 Å². The summed E-state index contributed by atoms with van der Waals surface area (Å²) in [5, 5.41) is 20.8. The van der Waals surface area contributed by atoms with E-state index in [-0.39, 0.29) is 0 Å². The SMILES string of the molecule is CCCCCCCCCCCCCCCCCCC(CC)(SC(CC)(CCCCCCCCCCCCCCCCCC)C(=O)O)C(=O)O. The number of rotatable bonds is 40. The minimum atomic E-state index is -1.01. The van der Waals surface area contributed by atoms with Gasteiger partial charge in [0.15, 0.2) is 0 Å². The molecular formula is C44H86O4S. The molecule has 0 heterocycles. The van der Waals surface area contributed by atoms with E-state index in [4.69, 9.17) is 0 Å². The first kappa shape index (κ1) is 48.3. The molecule has 0 aliphatic carbocycles. The summed E-state index contributed by atoms with van der Waals surface area (Å²) in [6, 6.07) is 0. The maximum atomic E-state index is 12.7. The molecule has 0 aromatic heterocycles. The minimum absolute atomic E-state index is 0.472. The van der Waals surface area contributed by atoms with Gasteiger partial charge >= 0.3 is 11.9 Å². The van der Waals surface area contributed by atoms with Crippen molar-refractivity contribution in [3.63, 3.8) is 0 Å². The lowest BCUT2D eigenvalue weighted by Gasteiger charge is -2.37. The standard InChI is InChI=1S/C44H86O4S/c1-5-9-11-13-15-17-19-21-23-25-27-29-31-33-35-37-39-43(7-3,41(45)46)49-44(8-4,42(47)48)40-38-36-34-32-30-28-26-24-22-20-18-16-14-12-10-6-2/h5-40H2,1-4H3,(H,45,46)(H,47,48). The van der Waals surface area contributed by atoms with Crippen LogP contribution in [0, 0.1) is 0 Å². The van der Waals surface area contributed by atoms with E-state index < -0.39 is 21.4 Å². The Morgan fingerprint density at radius 3 is 0.694 bits per heavy atom. The van der Waals surface area contributed by atoms with E-state index in [0.717, 1.165) is 38.5 Å². The van der Waals surface area contributed by atoms with Crippen molar-refractivity contribution in [2.24, 2.45) is 0 Å². The fourth-order valence-electron chi connectivity index (χ4n) is 7.49. The van der Waals surface area contributed by atoms with Crippen LogP contribution >= 0.6 is 11.8 Å². The van der Waals surface area contributed by atoms with Gasteiger partial charge in [0.2, 0.25) is 0 Å². The number of unbranched alkanes of at least 4 members (excludes halogenated alkanes) is 30. The molecule has 0 spiro atoms. The van der Waals surface area contributed by atoms with Crippen LogP contribution in [0.1, 0.15) is 259 Å². The van der Waals surface area contributed by atoms with Gasteiger partial charge in [-0.2, -0.15) is 0 Å². The molecule has 2 unspecified atom stereocenters. The lowest BCUT2D eigenvalue weighted by Crippen LogP contribution is -2.45. The van der Waals surface area contributed by atoms with Gasteiger partial charge in [-0.1, -0.05) is 233 Å². The highest BCUT2D eigenvalue weighted by Gasteiger charge is 2.48. The van der Waals surface area contributed by atoms with Crippen molar-refractivity contribution in [2.45, 2.75) is 268 Å². The molecule has 0 aliphatic rings. The smallest absolute Gasteiger partial charge is 0.319 e. The number of carbonyl (C=O) groups is 2. The second kappa shape index (κ2) is 34.4. The van der Waals surface area contributed by atoms with Crippen LogP contribution in [0.15, 0.2) is 0 Å². The van der Waals surface area contributed by atoms with Crippen LogP contribution in [-0.4, -0.2) is 31.6 Å². The van der Waals surface area contributed by atoms with E-state index in [1.54, 1.807) is 0 Å². The molecule has 2 N–H and O–H groups in total. The quantitative estimate of drug-likeness (QED) is 0.0619. The molecule has 292 valence electrons. The Hall–Kier alpha value is -0.710. The Kier molecular flexibility index (Phi) is 33.9. The second-order valence-electron chi connectivity index (χ2n) is 15.5. The highest BCUT2D eigenvalue weighted by molar-refractivity contribution is 8.03.